The zero-order chi connectivity index (χ0) is 11.8. The smallest absolute Gasteiger partial charge is 0.228 e. The van der Waals surface area contributed by atoms with Crippen molar-refractivity contribution in [3.05, 3.63) is 20.5 Å². The molecule has 0 N–H and O–H groups in total. The lowest BCUT2D eigenvalue weighted by molar-refractivity contribution is 0.149. The van der Waals surface area contributed by atoms with Gasteiger partial charge in [0, 0.05) is 10.7 Å². The van der Waals surface area contributed by atoms with Gasteiger partial charge in [-0.3, -0.25) is 0 Å². The average Bonchev–Trinajstić information content (AvgIpc) is 2.00. The van der Waals surface area contributed by atoms with Crippen LogP contribution >= 0.6 is 44.9 Å². The van der Waals surface area contributed by atoms with Gasteiger partial charge >= 0.3 is 0 Å². The topological polar surface area (TPSA) is 47.0 Å². The van der Waals surface area contributed by atoms with E-state index in [-0.39, 0.29) is 3.70 Å². The first-order valence-corrected chi connectivity index (χ1v) is 7.09. The van der Waals surface area contributed by atoms with Gasteiger partial charge in [0.2, 0.25) is 0 Å². The van der Waals surface area contributed by atoms with Crippen LogP contribution in [-0.2, 0) is 9.05 Å². The van der Waals surface area contributed by atoms with Crippen LogP contribution < -0.4 is 0 Å². The maximum atomic E-state index is 12.4. The van der Waals surface area contributed by atoms with Crippen LogP contribution in [0, 0.1) is 3.70 Å². The Kier molecular flexibility index (Phi) is 4.13. The van der Waals surface area contributed by atoms with Crippen molar-refractivity contribution in [1.82, 2.24) is 4.98 Å². The van der Waals surface area contributed by atoms with Crippen LogP contribution in [0.25, 0.3) is 0 Å². The number of nitrogens with zero attached hydrogens (tertiary/aromatic N) is 1. The first-order valence-electron chi connectivity index (χ1n) is 3.32. The van der Waals surface area contributed by atoms with Crippen LogP contribution in [0.2, 0.25) is 5.15 Å². The van der Waals surface area contributed by atoms with E-state index in [9.17, 15) is 17.2 Å². The Morgan fingerprint density at radius 3 is 2.40 bits per heavy atom. The van der Waals surface area contributed by atoms with Gasteiger partial charge in [0.05, 0.1) is 5.56 Å². The molecule has 0 saturated heterocycles. The van der Waals surface area contributed by atoms with Gasteiger partial charge in [-0.05, 0) is 28.7 Å². The molecule has 9 heteroatoms. The highest BCUT2D eigenvalue weighted by Gasteiger charge is 2.22. The normalized spacial score (nSPS) is 12.1. The molecule has 0 aliphatic carbocycles. The Bertz CT molecular complexity index is 494. The van der Waals surface area contributed by atoms with Gasteiger partial charge in [-0.15, -0.1) is 0 Å². The molecule has 1 rings (SSSR count). The largest absolute Gasteiger partial charge is 0.266 e. The molecule has 0 unspecified atom stereocenters. The number of alkyl halides is 2. The first-order chi connectivity index (χ1) is 6.73. The molecule has 0 aliphatic heterocycles. The molecule has 3 nitrogen and oxygen atoms in total. The summed E-state index contributed by atoms with van der Waals surface area (Å²) in [6.45, 7) is 0. The van der Waals surface area contributed by atoms with Crippen LogP contribution in [0.3, 0.4) is 0 Å². The summed E-state index contributed by atoms with van der Waals surface area (Å²) in [7, 11) is 0.828. The van der Waals surface area contributed by atoms with Crippen molar-refractivity contribution in [2.45, 2.75) is 11.3 Å². The molecule has 0 saturated carbocycles. The summed E-state index contributed by atoms with van der Waals surface area (Å²) in [5.74, 6) is 0. The molecule has 0 spiro atoms. The molecule has 15 heavy (non-hydrogen) atoms. The third kappa shape index (κ3) is 3.11. The van der Waals surface area contributed by atoms with E-state index < -0.39 is 31.1 Å². The van der Waals surface area contributed by atoms with Crippen molar-refractivity contribution in [3.63, 3.8) is 0 Å². The Morgan fingerprint density at radius 1 is 1.47 bits per heavy atom. The molecule has 0 bridgehead atoms. The second-order valence-corrected chi connectivity index (χ2v) is 6.31. The van der Waals surface area contributed by atoms with Crippen LogP contribution in [0.15, 0.2) is 11.0 Å². The molecular formula is C6H2Cl2F2INO2S. The zero-order valence-electron chi connectivity index (χ0n) is 6.72. The number of aromatic nitrogens is 1. The minimum atomic E-state index is -4.17. The summed E-state index contributed by atoms with van der Waals surface area (Å²) < 4.78 is 46.6. The molecule has 84 valence electrons. The highest BCUT2D eigenvalue weighted by molar-refractivity contribution is 14.1. The number of pyridine rings is 1. The molecular weight excluding hydrogens is 386 g/mol. The summed E-state index contributed by atoms with van der Waals surface area (Å²) in [6, 6.07) is 0.726. The maximum absolute atomic E-state index is 12.4. The van der Waals surface area contributed by atoms with Gasteiger partial charge in [0.25, 0.3) is 15.5 Å². The van der Waals surface area contributed by atoms with Crippen molar-refractivity contribution in [2.24, 2.45) is 0 Å². The number of hydrogen-bond donors (Lipinski definition) is 0. The summed E-state index contributed by atoms with van der Waals surface area (Å²) >= 11 is 7.00. The van der Waals surface area contributed by atoms with E-state index in [0.29, 0.717) is 0 Å². The predicted molar refractivity (Wildman–Crippen MR) is 60.0 cm³/mol. The molecule has 1 aromatic heterocycles. The Balaban J connectivity index is 3.50. The van der Waals surface area contributed by atoms with Crippen molar-refractivity contribution < 1.29 is 17.2 Å². The van der Waals surface area contributed by atoms with E-state index in [4.69, 9.17) is 22.3 Å². The molecule has 1 aromatic rings. The van der Waals surface area contributed by atoms with Gasteiger partial charge < -0.3 is 0 Å². The number of halogens is 5. The van der Waals surface area contributed by atoms with Crippen molar-refractivity contribution >= 4 is 53.9 Å². The molecule has 1 heterocycles. The third-order valence-corrected chi connectivity index (χ3v) is 4.02. The molecule has 0 fully saturated rings. The average molecular weight is 388 g/mol. The minimum absolute atomic E-state index is 0.0586. The fourth-order valence-corrected chi connectivity index (χ4v) is 2.99. The Labute approximate surface area is 107 Å². The van der Waals surface area contributed by atoms with Gasteiger partial charge in [-0.1, -0.05) is 11.6 Å². The van der Waals surface area contributed by atoms with Crippen molar-refractivity contribution in [1.29, 1.82) is 0 Å². The van der Waals surface area contributed by atoms with E-state index in [1.807, 2.05) is 0 Å². The molecule has 0 amide bonds. The van der Waals surface area contributed by atoms with Crippen molar-refractivity contribution in [2.75, 3.05) is 0 Å². The molecule has 0 atom stereocenters. The molecule has 0 aliphatic rings. The van der Waals surface area contributed by atoms with Gasteiger partial charge in [-0.2, -0.15) is 0 Å². The second kappa shape index (κ2) is 4.64. The lowest BCUT2D eigenvalue weighted by Crippen LogP contribution is -2.01. The van der Waals surface area contributed by atoms with Gasteiger partial charge in [0.1, 0.15) is 13.7 Å². The summed E-state index contributed by atoms with van der Waals surface area (Å²) in [6.07, 6.45) is -2.83. The second-order valence-electron chi connectivity index (χ2n) is 2.40. The number of hydrogen-bond acceptors (Lipinski definition) is 3. The Hall–Kier alpha value is 0.270. The van der Waals surface area contributed by atoms with Gasteiger partial charge in [-0.25, -0.2) is 22.2 Å². The van der Waals surface area contributed by atoms with Crippen LogP contribution in [-0.4, -0.2) is 13.4 Å². The summed E-state index contributed by atoms with van der Waals surface area (Å²) in [5, 5.41) is -0.418. The highest BCUT2D eigenvalue weighted by atomic mass is 127. The standard InChI is InChI=1S/C6H2Cl2F2INO2S/c7-4-3(15(8,13)14)1-2(5(9)10)6(11)12-4/h1,5H. The zero-order valence-corrected chi connectivity index (χ0v) is 11.2. The lowest BCUT2D eigenvalue weighted by atomic mass is 10.3. The maximum Gasteiger partial charge on any atom is 0.266 e. The fraction of sp³-hybridized carbons (Fsp3) is 0.167. The monoisotopic (exact) mass is 387 g/mol. The SMILES string of the molecule is O=S(=O)(Cl)c1cc(C(F)F)c(I)nc1Cl. The Morgan fingerprint density at radius 2 is 2.00 bits per heavy atom. The predicted octanol–water partition coefficient (Wildman–Crippen LogP) is 3.20. The van der Waals surface area contributed by atoms with Crippen LogP contribution in [0.1, 0.15) is 12.0 Å². The van der Waals surface area contributed by atoms with E-state index in [1.165, 1.54) is 22.6 Å². The first kappa shape index (κ1) is 13.3. The van der Waals surface area contributed by atoms with E-state index >= 15 is 0 Å². The van der Waals surface area contributed by atoms with E-state index in [2.05, 4.69) is 4.98 Å². The molecule has 0 radical (unpaired) electrons. The fourth-order valence-electron chi connectivity index (χ4n) is 0.790. The molecule has 0 aromatic carbocycles. The van der Waals surface area contributed by atoms with E-state index in [0.717, 1.165) is 6.07 Å². The van der Waals surface area contributed by atoms with E-state index in [1.54, 1.807) is 0 Å². The van der Waals surface area contributed by atoms with Gasteiger partial charge in [0.15, 0.2) is 0 Å². The van der Waals surface area contributed by atoms with Crippen LogP contribution in [0.5, 0.6) is 0 Å². The quantitative estimate of drug-likeness (QED) is 0.444. The summed E-state index contributed by atoms with van der Waals surface area (Å²) in [5.41, 5.74) is -0.515. The highest BCUT2D eigenvalue weighted by Crippen LogP contribution is 2.30. The number of rotatable bonds is 2. The lowest BCUT2D eigenvalue weighted by Gasteiger charge is -2.05. The van der Waals surface area contributed by atoms with Crippen molar-refractivity contribution in [3.8, 4) is 0 Å². The minimum Gasteiger partial charge on any atom is -0.228 e. The third-order valence-electron chi connectivity index (χ3n) is 1.42. The summed E-state index contributed by atoms with van der Waals surface area (Å²) in [4.78, 5) is 2.86. The van der Waals surface area contributed by atoms with Crippen LogP contribution in [0.4, 0.5) is 8.78 Å².